The number of hydrogen-bond donors (Lipinski definition) is 1. The minimum absolute atomic E-state index is 0.178. The highest BCUT2D eigenvalue weighted by Gasteiger charge is 2.45. The number of methoxy groups -OCH3 is 1. The molecular weight excluding hydrogens is 262 g/mol. The number of hydrogen-bond acceptors (Lipinski definition) is 6. The van der Waals surface area contributed by atoms with Crippen molar-refractivity contribution in [1.29, 1.82) is 0 Å². The first-order valence-electron chi connectivity index (χ1n) is 6.32. The number of carbonyl (C=O) groups excluding carboxylic acids is 1. The van der Waals surface area contributed by atoms with Crippen molar-refractivity contribution in [1.82, 2.24) is 15.3 Å². The summed E-state index contributed by atoms with van der Waals surface area (Å²) in [5.74, 6) is -0.178. The Balaban J connectivity index is 2.01. The topological polar surface area (TPSA) is 64.1 Å². The maximum atomic E-state index is 11.9. The van der Waals surface area contributed by atoms with E-state index < -0.39 is 5.54 Å². The molecule has 1 N–H and O–H groups in total. The van der Waals surface area contributed by atoms with Crippen LogP contribution in [0.4, 0.5) is 0 Å². The van der Waals surface area contributed by atoms with Crippen molar-refractivity contribution in [3.63, 3.8) is 0 Å². The molecular formula is C13H19N3O2S. The number of aryl methyl sites for hydroxylation is 1. The molecule has 1 heterocycles. The Labute approximate surface area is 117 Å². The van der Waals surface area contributed by atoms with Crippen molar-refractivity contribution in [2.24, 2.45) is 0 Å². The molecule has 104 valence electrons. The molecule has 0 aliphatic heterocycles. The molecule has 0 saturated heterocycles. The van der Waals surface area contributed by atoms with Crippen molar-refractivity contribution < 1.29 is 9.53 Å². The highest BCUT2D eigenvalue weighted by Crippen LogP contribution is 2.39. The van der Waals surface area contributed by atoms with Crippen molar-refractivity contribution in [3.8, 4) is 0 Å². The molecule has 0 radical (unpaired) electrons. The molecule has 0 spiro atoms. The van der Waals surface area contributed by atoms with Gasteiger partial charge in [-0.1, -0.05) is 11.8 Å². The van der Waals surface area contributed by atoms with E-state index in [0.29, 0.717) is 5.25 Å². The van der Waals surface area contributed by atoms with Crippen molar-refractivity contribution in [3.05, 3.63) is 18.0 Å². The van der Waals surface area contributed by atoms with Crippen LogP contribution in [0, 0.1) is 6.92 Å². The third kappa shape index (κ3) is 3.06. The zero-order chi connectivity index (χ0) is 13.9. The number of esters is 1. The van der Waals surface area contributed by atoms with Gasteiger partial charge in [0.05, 0.1) is 7.11 Å². The fraction of sp³-hybridized carbons (Fsp3) is 0.615. The zero-order valence-corrected chi connectivity index (χ0v) is 12.3. The molecule has 6 heteroatoms. The van der Waals surface area contributed by atoms with Crippen LogP contribution in [0.1, 0.15) is 24.8 Å². The lowest BCUT2D eigenvalue weighted by Crippen LogP contribution is -2.49. The van der Waals surface area contributed by atoms with Gasteiger partial charge in [0, 0.05) is 17.6 Å². The first kappa shape index (κ1) is 14.3. The van der Waals surface area contributed by atoms with Gasteiger partial charge in [0.2, 0.25) is 0 Å². The lowest BCUT2D eigenvalue weighted by atomic mass is 9.98. The van der Waals surface area contributed by atoms with Crippen LogP contribution in [0.3, 0.4) is 0 Å². The van der Waals surface area contributed by atoms with Crippen molar-refractivity contribution in [2.75, 3.05) is 14.2 Å². The molecule has 1 aromatic heterocycles. The van der Waals surface area contributed by atoms with E-state index in [1.165, 1.54) is 7.11 Å². The van der Waals surface area contributed by atoms with Gasteiger partial charge in [0.15, 0.2) is 5.16 Å². The number of ether oxygens (including phenoxy) is 1. The lowest BCUT2D eigenvalue weighted by Gasteiger charge is -2.25. The summed E-state index contributed by atoms with van der Waals surface area (Å²) in [6.07, 6.45) is 6.13. The largest absolute Gasteiger partial charge is 0.468 e. The lowest BCUT2D eigenvalue weighted by molar-refractivity contribution is -0.148. The number of nitrogens with zero attached hydrogens (tertiary/aromatic N) is 2. The smallest absolute Gasteiger partial charge is 0.326 e. The molecule has 1 aliphatic carbocycles. The van der Waals surface area contributed by atoms with Crippen LogP contribution in [-0.4, -0.2) is 40.9 Å². The Kier molecular flexibility index (Phi) is 4.42. The van der Waals surface area contributed by atoms with Gasteiger partial charge in [-0.2, -0.15) is 0 Å². The van der Waals surface area contributed by atoms with E-state index in [0.717, 1.165) is 30.0 Å². The number of likely N-dealkylation sites (N-methyl/N-ethyl adjacent to an activating group) is 1. The predicted octanol–water partition coefficient (Wildman–Crippen LogP) is 1.56. The van der Waals surface area contributed by atoms with Crippen molar-refractivity contribution >= 4 is 17.7 Å². The first-order valence-corrected chi connectivity index (χ1v) is 7.20. The van der Waals surface area contributed by atoms with E-state index in [9.17, 15) is 4.79 Å². The molecule has 1 aliphatic rings. The summed E-state index contributed by atoms with van der Waals surface area (Å²) in [5.41, 5.74) is 0.506. The summed E-state index contributed by atoms with van der Waals surface area (Å²) in [7, 11) is 3.25. The fourth-order valence-corrected chi connectivity index (χ4v) is 3.53. The minimum Gasteiger partial charge on any atom is -0.468 e. The second-order valence-electron chi connectivity index (χ2n) is 4.85. The molecule has 0 amide bonds. The first-order chi connectivity index (χ1) is 9.09. The Hall–Kier alpha value is -1.14. The fourth-order valence-electron chi connectivity index (χ4n) is 2.40. The molecule has 19 heavy (non-hydrogen) atoms. The van der Waals surface area contributed by atoms with Gasteiger partial charge >= 0.3 is 5.97 Å². The van der Waals surface area contributed by atoms with Gasteiger partial charge in [0.25, 0.3) is 0 Å². The summed E-state index contributed by atoms with van der Waals surface area (Å²) < 4.78 is 4.90. The van der Waals surface area contributed by atoms with Gasteiger partial charge < -0.3 is 10.1 Å². The van der Waals surface area contributed by atoms with Crippen LogP contribution in [0.25, 0.3) is 0 Å². The molecule has 2 rings (SSSR count). The predicted molar refractivity (Wildman–Crippen MR) is 74.1 cm³/mol. The second kappa shape index (κ2) is 5.88. The van der Waals surface area contributed by atoms with Crippen LogP contribution >= 0.6 is 11.8 Å². The van der Waals surface area contributed by atoms with E-state index >= 15 is 0 Å². The Bertz CT molecular complexity index is 452. The van der Waals surface area contributed by atoms with Crippen LogP contribution in [-0.2, 0) is 9.53 Å². The SMILES string of the molecule is CNC1(C(=O)OC)CCC(Sc2ncc(C)cn2)C1. The normalized spacial score (nSPS) is 26.4. The maximum Gasteiger partial charge on any atom is 0.326 e. The summed E-state index contributed by atoms with van der Waals surface area (Å²) >= 11 is 1.64. The van der Waals surface area contributed by atoms with Crippen LogP contribution in [0.15, 0.2) is 17.6 Å². The average Bonchev–Trinajstić information content (AvgIpc) is 2.85. The van der Waals surface area contributed by atoms with Gasteiger partial charge in [-0.25, -0.2) is 9.97 Å². The molecule has 1 saturated carbocycles. The molecule has 5 nitrogen and oxygen atoms in total. The quantitative estimate of drug-likeness (QED) is 0.667. The van der Waals surface area contributed by atoms with E-state index in [1.807, 2.05) is 26.4 Å². The number of aromatic nitrogens is 2. The number of nitrogens with one attached hydrogen (secondary N) is 1. The molecule has 2 atom stereocenters. The van der Waals surface area contributed by atoms with E-state index in [1.54, 1.807) is 11.8 Å². The third-order valence-corrected chi connectivity index (χ3v) is 4.71. The molecule has 1 fully saturated rings. The summed E-state index contributed by atoms with van der Waals surface area (Å²) in [6, 6.07) is 0. The van der Waals surface area contributed by atoms with Gasteiger partial charge in [-0.3, -0.25) is 4.79 Å². The summed E-state index contributed by atoms with van der Waals surface area (Å²) in [5, 5.41) is 4.24. The molecule has 2 unspecified atom stereocenters. The standard InChI is InChI=1S/C13H19N3O2S/c1-9-7-15-12(16-8-9)19-10-4-5-13(6-10,14-2)11(17)18-3/h7-8,10,14H,4-6H2,1-3H3. The van der Waals surface area contributed by atoms with Crippen LogP contribution in [0.2, 0.25) is 0 Å². The monoisotopic (exact) mass is 281 g/mol. The summed E-state index contributed by atoms with van der Waals surface area (Å²) in [6.45, 7) is 1.97. The third-order valence-electron chi connectivity index (χ3n) is 3.55. The number of carbonyl (C=O) groups is 1. The highest BCUT2D eigenvalue weighted by molar-refractivity contribution is 7.99. The Morgan fingerprint density at radius 2 is 2.21 bits per heavy atom. The molecule has 0 aromatic carbocycles. The Morgan fingerprint density at radius 1 is 1.53 bits per heavy atom. The number of thioether (sulfide) groups is 1. The Morgan fingerprint density at radius 3 is 2.79 bits per heavy atom. The van der Waals surface area contributed by atoms with E-state index in [-0.39, 0.29) is 5.97 Å². The van der Waals surface area contributed by atoms with Gasteiger partial charge in [-0.15, -0.1) is 0 Å². The average molecular weight is 281 g/mol. The minimum atomic E-state index is -0.545. The van der Waals surface area contributed by atoms with E-state index in [2.05, 4.69) is 15.3 Å². The van der Waals surface area contributed by atoms with Crippen LogP contribution in [0.5, 0.6) is 0 Å². The van der Waals surface area contributed by atoms with Crippen LogP contribution < -0.4 is 5.32 Å². The van der Waals surface area contributed by atoms with Gasteiger partial charge in [0.1, 0.15) is 5.54 Å². The summed E-state index contributed by atoms with van der Waals surface area (Å²) in [4.78, 5) is 20.5. The number of rotatable bonds is 4. The van der Waals surface area contributed by atoms with Gasteiger partial charge in [-0.05, 0) is 38.8 Å². The molecule has 1 aromatic rings. The molecule has 0 bridgehead atoms. The zero-order valence-electron chi connectivity index (χ0n) is 11.5. The maximum absolute atomic E-state index is 11.9. The van der Waals surface area contributed by atoms with E-state index in [4.69, 9.17) is 4.74 Å². The second-order valence-corrected chi connectivity index (χ2v) is 6.12. The van der Waals surface area contributed by atoms with Crippen molar-refractivity contribution in [2.45, 2.75) is 42.1 Å². The highest BCUT2D eigenvalue weighted by atomic mass is 32.2.